The lowest BCUT2D eigenvalue weighted by molar-refractivity contribution is 0.122. The molecule has 0 saturated carbocycles. The molecule has 126 valence electrons. The van der Waals surface area contributed by atoms with Crippen molar-refractivity contribution in [2.24, 2.45) is 4.99 Å². The molecule has 0 spiro atoms. The second kappa shape index (κ2) is 7.27. The Hall–Kier alpha value is -2.67. The number of anilines is 3. The zero-order valence-electron chi connectivity index (χ0n) is 14.1. The Bertz CT molecular complexity index is 792. The number of rotatable bonds is 4. The lowest BCUT2D eigenvalue weighted by Gasteiger charge is -2.28. The first kappa shape index (κ1) is 16.2. The number of aryl methyl sites for hydroxylation is 1. The number of morpholine rings is 1. The predicted octanol–water partition coefficient (Wildman–Crippen LogP) is 1.80. The van der Waals surface area contributed by atoms with Gasteiger partial charge in [0.25, 0.3) is 0 Å². The molecule has 1 fully saturated rings. The molecule has 0 radical (unpaired) electrons. The van der Waals surface area contributed by atoms with E-state index in [9.17, 15) is 0 Å². The van der Waals surface area contributed by atoms with Gasteiger partial charge in [-0.05, 0) is 13.0 Å². The van der Waals surface area contributed by atoms with E-state index in [0.29, 0.717) is 0 Å². The van der Waals surface area contributed by atoms with Crippen molar-refractivity contribution >= 4 is 23.5 Å². The molecule has 1 saturated heterocycles. The standard InChI is InChI=1S/C17H22N6O/c1-4-22-6-5-14(11-16(22)18-3)21-15-12-17(20-13(2)19-15)23-7-9-24-10-8-23/h4-6,11-12H,1,7-10H2,2-3H3,(H,19,20,21). The van der Waals surface area contributed by atoms with Crippen LogP contribution in [0, 0.1) is 6.92 Å². The maximum absolute atomic E-state index is 5.40. The van der Waals surface area contributed by atoms with Gasteiger partial charge in [-0.25, -0.2) is 9.97 Å². The summed E-state index contributed by atoms with van der Waals surface area (Å²) in [6.45, 7) is 8.83. The first-order chi connectivity index (χ1) is 11.7. The maximum atomic E-state index is 5.40. The minimum atomic E-state index is 0.730. The maximum Gasteiger partial charge on any atom is 0.136 e. The van der Waals surface area contributed by atoms with Gasteiger partial charge in [0, 0.05) is 50.4 Å². The molecule has 0 aromatic carbocycles. The lowest BCUT2D eigenvalue weighted by atomic mass is 10.3. The van der Waals surface area contributed by atoms with Gasteiger partial charge in [0.2, 0.25) is 0 Å². The highest BCUT2D eigenvalue weighted by Gasteiger charge is 2.14. The summed E-state index contributed by atoms with van der Waals surface area (Å²) in [6, 6.07) is 5.88. The third kappa shape index (κ3) is 3.62. The quantitative estimate of drug-likeness (QED) is 0.928. The highest BCUT2D eigenvalue weighted by atomic mass is 16.5. The van der Waals surface area contributed by atoms with Crippen molar-refractivity contribution < 1.29 is 4.74 Å². The number of nitrogens with one attached hydrogen (secondary N) is 1. The minimum Gasteiger partial charge on any atom is -0.378 e. The molecular formula is C17H22N6O. The largest absolute Gasteiger partial charge is 0.378 e. The van der Waals surface area contributed by atoms with Crippen LogP contribution in [0.4, 0.5) is 17.3 Å². The fourth-order valence-corrected chi connectivity index (χ4v) is 2.63. The zero-order chi connectivity index (χ0) is 16.9. The first-order valence-electron chi connectivity index (χ1n) is 7.92. The molecule has 7 nitrogen and oxygen atoms in total. The second-order valence-electron chi connectivity index (χ2n) is 5.47. The Balaban J connectivity index is 1.87. The third-order valence-electron chi connectivity index (χ3n) is 3.82. The smallest absolute Gasteiger partial charge is 0.136 e. The summed E-state index contributed by atoms with van der Waals surface area (Å²) in [5, 5.41) is 3.33. The van der Waals surface area contributed by atoms with Gasteiger partial charge >= 0.3 is 0 Å². The summed E-state index contributed by atoms with van der Waals surface area (Å²) in [5.41, 5.74) is 1.73. The molecule has 0 amide bonds. The van der Waals surface area contributed by atoms with Crippen LogP contribution in [-0.2, 0) is 4.74 Å². The van der Waals surface area contributed by atoms with Crippen LogP contribution < -0.4 is 15.7 Å². The minimum absolute atomic E-state index is 0.730. The van der Waals surface area contributed by atoms with Crippen molar-refractivity contribution in [3.63, 3.8) is 0 Å². The normalized spacial score (nSPS) is 15.4. The van der Waals surface area contributed by atoms with Crippen LogP contribution in [0.25, 0.3) is 6.20 Å². The van der Waals surface area contributed by atoms with Crippen molar-refractivity contribution in [2.75, 3.05) is 43.6 Å². The van der Waals surface area contributed by atoms with Crippen molar-refractivity contribution in [2.45, 2.75) is 6.92 Å². The van der Waals surface area contributed by atoms with Crippen LogP contribution in [0.15, 0.2) is 36.0 Å². The molecule has 0 atom stereocenters. The van der Waals surface area contributed by atoms with E-state index in [0.717, 1.165) is 54.9 Å². The molecule has 1 aliphatic rings. The van der Waals surface area contributed by atoms with E-state index < -0.39 is 0 Å². The molecule has 3 rings (SSSR count). The monoisotopic (exact) mass is 326 g/mol. The van der Waals surface area contributed by atoms with Crippen LogP contribution in [0.3, 0.4) is 0 Å². The Morgan fingerprint density at radius 3 is 2.79 bits per heavy atom. The van der Waals surface area contributed by atoms with Crippen LogP contribution in [0.5, 0.6) is 0 Å². The van der Waals surface area contributed by atoms with Gasteiger partial charge in [-0.3, -0.25) is 4.99 Å². The molecule has 7 heteroatoms. The molecule has 3 heterocycles. The van der Waals surface area contributed by atoms with Gasteiger partial charge in [0.15, 0.2) is 0 Å². The first-order valence-corrected chi connectivity index (χ1v) is 7.92. The van der Waals surface area contributed by atoms with Crippen molar-refractivity contribution in [3.05, 3.63) is 42.3 Å². The van der Waals surface area contributed by atoms with E-state index in [1.54, 1.807) is 13.2 Å². The summed E-state index contributed by atoms with van der Waals surface area (Å²) >= 11 is 0. The fourth-order valence-electron chi connectivity index (χ4n) is 2.63. The highest BCUT2D eigenvalue weighted by Crippen LogP contribution is 2.20. The molecule has 2 aromatic heterocycles. The number of hydrogen-bond donors (Lipinski definition) is 1. The number of ether oxygens (including phenoxy) is 1. The molecule has 1 N–H and O–H groups in total. The Labute approximate surface area is 141 Å². The van der Waals surface area contributed by atoms with Crippen LogP contribution in [0.2, 0.25) is 0 Å². The third-order valence-corrected chi connectivity index (χ3v) is 3.82. The Morgan fingerprint density at radius 2 is 2.08 bits per heavy atom. The molecule has 1 aliphatic heterocycles. The number of pyridine rings is 1. The van der Waals surface area contributed by atoms with E-state index in [-0.39, 0.29) is 0 Å². The van der Waals surface area contributed by atoms with Gasteiger partial charge in [-0.2, -0.15) is 0 Å². The van der Waals surface area contributed by atoms with Crippen LogP contribution in [0.1, 0.15) is 5.82 Å². The Morgan fingerprint density at radius 1 is 1.29 bits per heavy atom. The van der Waals surface area contributed by atoms with E-state index >= 15 is 0 Å². The van der Waals surface area contributed by atoms with Gasteiger partial charge in [-0.15, -0.1) is 0 Å². The molecule has 0 aliphatic carbocycles. The Kier molecular flexibility index (Phi) is 4.90. The lowest BCUT2D eigenvalue weighted by Crippen LogP contribution is -2.36. The van der Waals surface area contributed by atoms with Gasteiger partial charge in [0.05, 0.1) is 13.2 Å². The zero-order valence-corrected chi connectivity index (χ0v) is 14.1. The summed E-state index contributed by atoms with van der Waals surface area (Å²) < 4.78 is 7.26. The number of aromatic nitrogens is 3. The summed E-state index contributed by atoms with van der Waals surface area (Å²) in [5.74, 6) is 2.42. The van der Waals surface area contributed by atoms with E-state index in [1.165, 1.54) is 0 Å². The van der Waals surface area contributed by atoms with E-state index in [1.807, 2.05) is 35.9 Å². The summed E-state index contributed by atoms with van der Waals surface area (Å²) in [6.07, 6.45) is 3.63. The van der Waals surface area contributed by atoms with Crippen LogP contribution in [-0.4, -0.2) is 47.9 Å². The van der Waals surface area contributed by atoms with Gasteiger partial charge in [-0.1, -0.05) is 6.58 Å². The van der Waals surface area contributed by atoms with Crippen molar-refractivity contribution in [1.82, 2.24) is 14.5 Å². The van der Waals surface area contributed by atoms with E-state index in [4.69, 9.17) is 4.74 Å². The fraction of sp³-hybridized carbons (Fsp3) is 0.353. The number of nitrogens with zero attached hydrogens (tertiary/aromatic N) is 5. The molecule has 2 aromatic rings. The molecule has 24 heavy (non-hydrogen) atoms. The SMILES string of the molecule is C=Cn1ccc(Nc2cc(N3CCOCC3)nc(C)n2)cc1=NC. The molecule has 0 unspecified atom stereocenters. The average molecular weight is 326 g/mol. The molecule has 0 bridgehead atoms. The van der Waals surface area contributed by atoms with Gasteiger partial charge in [0.1, 0.15) is 22.9 Å². The van der Waals surface area contributed by atoms with Crippen LogP contribution >= 0.6 is 0 Å². The predicted molar refractivity (Wildman–Crippen MR) is 95.4 cm³/mol. The summed E-state index contributed by atoms with van der Waals surface area (Å²) in [4.78, 5) is 15.5. The summed E-state index contributed by atoms with van der Waals surface area (Å²) in [7, 11) is 1.75. The van der Waals surface area contributed by atoms with Gasteiger partial charge < -0.3 is 19.5 Å². The van der Waals surface area contributed by atoms with Crippen molar-refractivity contribution in [1.29, 1.82) is 0 Å². The topological polar surface area (TPSA) is 67.6 Å². The average Bonchev–Trinajstić information content (AvgIpc) is 2.62. The van der Waals surface area contributed by atoms with E-state index in [2.05, 4.69) is 31.8 Å². The molecular weight excluding hydrogens is 304 g/mol. The number of hydrogen-bond acceptors (Lipinski definition) is 6. The van der Waals surface area contributed by atoms with Crippen molar-refractivity contribution in [3.8, 4) is 0 Å². The highest BCUT2D eigenvalue weighted by molar-refractivity contribution is 5.59. The second-order valence-corrected chi connectivity index (χ2v) is 5.47.